The number of carboxylic acid groups (broad SMARTS) is 1. The lowest BCUT2D eigenvalue weighted by molar-refractivity contribution is -0.138. The zero-order valence-electron chi connectivity index (χ0n) is 11.3. The number of hydrogen-bond acceptors (Lipinski definition) is 3. The number of rotatable bonds is 4. The Morgan fingerprint density at radius 2 is 1.72 bits per heavy atom. The van der Waals surface area contributed by atoms with Crippen LogP contribution >= 0.6 is 0 Å². The Bertz CT molecular complexity index is 391. The summed E-state index contributed by atoms with van der Waals surface area (Å²) >= 11 is 0. The Morgan fingerprint density at radius 1 is 1.22 bits per heavy atom. The van der Waals surface area contributed by atoms with Crippen molar-refractivity contribution in [2.75, 3.05) is 6.54 Å². The fourth-order valence-corrected chi connectivity index (χ4v) is 4.72. The molecule has 0 heterocycles. The van der Waals surface area contributed by atoms with Gasteiger partial charge in [-0.05, 0) is 33.6 Å². The second kappa shape index (κ2) is 5.57. The van der Waals surface area contributed by atoms with Crippen molar-refractivity contribution in [3.63, 3.8) is 0 Å². The summed E-state index contributed by atoms with van der Waals surface area (Å²) in [4.78, 5) is 10.9. The summed E-state index contributed by atoms with van der Waals surface area (Å²) in [6.07, 6.45) is 4.19. The highest BCUT2D eigenvalue weighted by Crippen LogP contribution is 2.29. The van der Waals surface area contributed by atoms with Crippen molar-refractivity contribution in [1.82, 2.24) is 4.31 Å². The summed E-state index contributed by atoms with van der Waals surface area (Å²) in [5.41, 5.74) is -0.700. The van der Waals surface area contributed by atoms with Gasteiger partial charge in [0.2, 0.25) is 10.0 Å². The number of hydrogen-bond donors (Lipinski definition) is 1. The lowest BCUT2D eigenvalue weighted by Crippen LogP contribution is -2.51. The third-order valence-electron chi connectivity index (χ3n) is 3.31. The Balaban J connectivity index is 2.99. The maximum absolute atomic E-state index is 12.5. The van der Waals surface area contributed by atoms with Gasteiger partial charge < -0.3 is 5.11 Å². The molecule has 0 unspecified atom stereocenters. The summed E-state index contributed by atoms with van der Waals surface area (Å²) in [5.74, 6) is -1.11. The predicted molar refractivity (Wildman–Crippen MR) is 69.9 cm³/mol. The highest BCUT2D eigenvalue weighted by atomic mass is 32.2. The molecule has 1 rings (SSSR count). The first-order chi connectivity index (χ1) is 8.15. The minimum atomic E-state index is -3.52. The number of nitrogens with zero attached hydrogens (tertiary/aromatic N) is 1. The van der Waals surface area contributed by atoms with Crippen LogP contribution in [0.1, 0.15) is 52.9 Å². The highest BCUT2D eigenvalue weighted by molar-refractivity contribution is 7.89. The lowest BCUT2D eigenvalue weighted by Gasteiger charge is -2.37. The van der Waals surface area contributed by atoms with E-state index in [4.69, 9.17) is 5.11 Å². The topological polar surface area (TPSA) is 74.7 Å². The van der Waals surface area contributed by atoms with E-state index in [0.717, 1.165) is 23.6 Å². The summed E-state index contributed by atoms with van der Waals surface area (Å²) < 4.78 is 26.2. The van der Waals surface area contributed by atoms with Crippen LogP contribution in [0.2, 0.25) is 0 Å². The fourth-order valence-electron chi connectivity index (χ4n) is 2.37. The van der Waals surface area contributed by atoms with Gasteiger partial charge in [-0.25, -0.2) is 8.42 Å². The Morgan fingerprint density at radius 3 is 2.11 bits per heavy atom. The highest BCUT2D eigenvalue weighted by Gasteiger charge is 2.39. The molecule has 1 aliphatic rings. The van der Waals surface area contributed by atoms with Crippen LogP contribution in [0.15, 0.2) is 0 Å². The molecule has 0 radical (unpaired) electrons. The van der Waals surface area contributed by atoms with Crippen LogP contribution in [0.25, 0.3) is 0 Å². The molecular formula is C12H23NO4S. The van der Waals surface area contributed by atoms with Crippen LogP contribution in [0.4, 0.5) is 0 Å². The van der Waals surface area contributed by atoms with Crippen LogP contribution in [-0.4, -0.2) is 41.1 Å². The lowest BCUT2D eigenvalue weighted by atomic mass is 10.0. The molecule has 106 valence electrons. The molecule has 1 aliphatic carbocycles. The van der Waals surface area contributed by atoms with Gasteiger partial charge in [-0.15, -0.1) is 0 Å². The molecule has 0 spiro atoms. The number of carbonyl (C=O) groups is 1. The van der Waals surface area contributed by atoms with Crippen molar-refractivity contribution in [2.24, 2.45) is 0 Å². The van der Waals surface area contributed by atoms with Crippen molar-refractivity contribution in [2.45, 2.75) is 63.7 Å². The average molecular weight is 277 g/mol. The second-order valence-electron chi connectivity index (χ2n) is 5.88. The van der Waals surface area contributed by atoms with Gasteiger partial charge in [0.15, 0.2) is 0 Å². The predicted octanol–water partition coefficient (Wildman–Crippen LogP) is 1.83. The molecule has 5 nitrogen and oxygen atoms in total. The largest absolute Gasteiger partial charge is 0.480 e. The van der Waals surface area contributed by atoms with Gasteiger partial charge in [0.25, 0.3) is 0 Å². The van der Waals surface area contributed by atoms with E-state index in [9.17, 15) is 13.2 Å². The molecule has 0 atom stereocenters. The van der Waals surface area contributed by atoms with E-state index in [1.54, 1.807) is 20.8 Å². The van der Waals surface area contributed by atoms with Crippen LogP contribution in [0.5, 0.6) is 0 Å². The quantitative estimate of drug-likeness (QED) is 0.850. The van der Waals surface area contributed by atoms with E-state index in [-0.39, 0.29) is 0 Å². The first-order valence-corrected chi connectivity index (χ1v) is 7.89. The molecule has 0 aromatic carbocycles. The summed E-state index contributed by atoms with van der Waals surface area (Å²) in [6, 6.07) is 0. The van der Waals surface area contributed by atoms with Gasteiger partial charge in [-0.2, -0.15) is 4.31 Å². The second-order valence-corrected chi connectivity index (χ2v) is 8.01. The van der Waals surface area contributed by atoms with Crippen molar-refractivity contribution >= 4 is 16.0 Å². The monoisotopic (exact) mass is 277 g/mol. The van der Waals surface area contributed by atoms with E-state index in [0.29, 0.717) is 12.8 Å². The SMILES string of the molecule is CC(C)(C)N(CC(=O)O)S(=O)(=O)C1CCCCC1. The molecule has 1 saturated carbocycles. The van der Waals surface area contributed by atoms with Gasteiger partial charge in [0.05, 0.1) is 5.25 Å². The minimum Gasteiger partial charge on any atom is -0.480 e. The maximum Gasteiger partial charge on any atom is 0.318 e. The average Bonchev–Trinajstić information content (AvgIpc) is 2.25. The molecule has 6 heteroatoms. The van der Waals surface area contributed by atoms with E-state index >= 15 is 0 Å². The third kappa shape index (κ3) is 3.68. The van der Waals surface area contributed by atoms with Crippen LogP contribution in [0, 0.1) is 0 Å². The zero-order chi connectivity index (χ0) is 14.0. The Hall–Kier alpha value is -0.620. The number of aliphatic carboxylic acids is 1. The van der Waals surface area contributed by atoms with Gasteiger partial charge in [-0.3, -0.25) is 4.79 Å². The molecule has 0 aromatic heterocycles. The van der Waals surface area contributed by atoms with Gasteiger partial charge in [-0.1, -0.05) is 19.3 Å². The van der Waals surface area contributed by atoms with Crippen molar-refractivity contribution in [1.29, 1.82) is 0 Å². The molecule has 1 fully saturated rings. The molecule has 0 aliphatic heterocycles. The van der Waals surface area contributed by atoms with E-state index in [1.165, 1.54) is 0 Å². The summed E-state index contributed by atoms with van der Waals surface area (Å²) in [6.45, 7) is 4.74. The van der Waals surface area contributed by atoms with E-state index in [1.807, 2.05) is 0 Å². The molecule has 1 N–H and O–H groups in total. The molecule has 18 heavy (non-hydrogen) atoms. The number of carboxylic acids is 1. The minimum absolute atomic E-state index is 0.412. The van der Waals surface area contributed by atoms with Crippen LogP contribution < -0.4 is 0 Å². The zero-order valence-corrected chi connectivity index (χ0v) is 12.2. The van der Waals surface area contributed by atoms with E-state index in [2.05, 4.69) is 0 Å². The Labute approximate surface area is 109 Å². The summed E-state index contributed by atoms with van der Waals surface area (Å²) in [5, 5.41) is 8.49. The smallest absolute Gasteiger partial charge is 0.318 e. The molecular weight excluding hydrogens is 254 g/mol. The van der Waals surface area contributed by atoms with E-state index < -0.39 is 33.3 Å². The Kier molecular flexibility index (Phi) is 4.78. The first kappa shape index (κ1) is 15.4. The van der Waals surface area contributed by atoms with Gasteiger partial charge >= 0.3 is 5.97 Å². The van der Waals surface area contributed by atoms with Gasteiger partial charge in [0.1, 0.15) is 6.54 Å². The van der Waals surface area contributed by atoms with Crippen LogP contribution in [-0.2, 0) is 14.8 Å². The normalized spacial score (nSPS) is 19.1. The van der Waals surface area contributed by atoms with Crippen molar-refractivity contribution in [3.8, 4) is 0 Å². The standard InChI is InChI=1S/C12H23NO4S/c1-12(2,3)13(9-11(14)15)18(16,17)10-7-5-4-6-8-10/h10H,4-9H2,1-3H3,(H,14,15). The number of sulfonamides is 1. The van der Waals surface area contributed by atoms with Crippen molar-refractivity contribution in [3.05, 3.63) is 0 Å². The fraction of sp³-hybridized carbons (Fsp3) is 0.917. The first-order valence-electron chi connectivity index (χ1n) is 6.39. The third-order valence-corrected chi connectivity index (χ3v) is 5.91. The molecule has 0 aromatic rings. The van der Waals surface area contributed by atoms with Crippen molar-refractivity contribution < 1.29 is 18.3 Å². The molecule has 0 saturated heterocycles. The van der Waals surface area contributed by atoms with Gasteiger partial charge in [0, 0.05) is 5.54 Å². The maximum atomic E-state index is 12.5. The molecule has 0 bridgehead atoms. The van der Waals surface area contributed by atoms with Crippen LogP contribution in [0.3, 0.4) is 0 Å². The summed E-state index contributed by atoms with van der Waals surface area (Å²) in [7, 11) is -3.52. The molecule has 0 amide bonds.